The summed E-state index contributed by atoms with van der Waals surface area (Å²) in [5, 5.41) is 2.97. The fourth-order valence-corrected chi connectivity index (χ4v) is 2.59. The van der Waals surface area contributed by atoms with Crippen LogP contribution in [-0.4, -0.2) is 10.9 Å². The van der Waals surface area contributed by atoms with E-state index in [0.717, 1.165) is 27.9 Å². The van der Waals surface area contributed by atoms with Gasteiger partial charge in [0.15, 0.2) is 5.58 Å². The molecule has 2 aromatic carbocycles. The first kappa shape index (κ1) is 17.2. The molecule has 0 spiro atoms. The van der Waals surface area contributed by atoms with Gasteiger partial charge in [-0.2, -0.15) is 0 Å². The second kappa shape index (κ2) is 6.71. The molecule has 0 atom stereocenters. The summed E-state index contributed by atoms with van der Waals surface area (Å²) in [6.07, 6.45) is 0. The van der Waals surface area contributed by atoms with Crippen molar-refractivity contribution in [3.63, 3.8) is 0 Å². The zero-order chi connectivity index (χ0) is 18.1. The van der Waals surface area contributed by atoms with Crippen LogP contribution in [-0.2, 0) is 4.79 Å². The number of rotatable bonds is 4. The summed E-state index contributed by atoms with van der Waals surface area (Å²) in [4.78, 5) is 16.6. The highest BCUT2D eigenvalue weighted by molar-refractivity contribution is 5.93. The summed E-state index contributed by atoms with van der Waals surface area (Å²) in [5.41, 5.74) is 5.52. The Kier molecular flexibility index (Phi) is 4.62. The van der Waals surface area contributed by atoms with Crippen molar-refractivity contribution in [1.82, 2.24) is 4.98 Å². The average molecular weight is 336 g/mol. The Morgan fingerprint density at radius 3 is 2.52 bits per heavy atom. The molecule has 0 saturated carbocycles. The minimum Gasteiger partial charge on any atom is -0.436 e. The standard InChI is InChI=1S/C21H24N2O2/c1-12(2)15-8-9-19-18(10-15)23-21(25-19)16-7-6-14(5)17(11-16)22-20(24)13(3)4/h6-13H,1-5H3,(H,22,24). The van der Waals surface area contributed by atoms with E-state index in [4.69, 9.17) is 4.42 Å². The van der Waals surface area contributed by atoms with Gasteiger partial charge in [-0.3, -0.25) is 4.79 Å². The van der Waals surface area contributed by atoms with E-state index in [-0.39, 0.29) is 11.8 Å². The molecule has 0 radical (unpaired) electrons. The van der Waals surface area contributed by atoms with Crippen molar-refractivity contribution < 1.29 is 9.21 Å². The lowest BCUT2D eigenvalue weighted by molar-refractivity contribution is -0.118. The number of hydrogen-bond acceptors (Lipinski definition) is 3. The molecular weight excluding hydrogens is 312 g/mol. The number of hydrogen-bond donors (Lipinski definition) is 1. The number of carbonyl (C=O) groups is 1. The topological polar surface area (TPSA) is 55.1 Å². The van der Waals surface area contributed by atoms with Crippen LogP contribution in [0.5, 0.6) is 0 Å². The molecule has 0 unspecified atom stereocenters. The monoisotopic (exact) mass is 336 g/mol. The van der Waals surface area contributed by atoms with E-state index in [1.165, 1.54) is 5.56 Å². The Morgan fingerprint density at radius 2 is 1.84 bits per heavy atom. The van der Waals surface area contributed by atoms with Gasteiger partial charge in [0.25, 0.3) is 0 Å². The number of carbonyl (C=O) groups excluding carboxylic acids is 1. The fourth-order valence-electron chi connectivity index (χ4n) is 2.59. The van der Waals surface area contributed by atoms with Crippen LogP contribution in [0.2, 0.25) is 0 Å². The van der Waals surface area contributed by atoms with Gasteiger partial charge in [0.1, 0.15) is 5.52 Å². The molecule has 0 aliphatic rings. The summed E-state index contributed by atoms with van der Waals surface area (Å²) in [5.74, 6) is 0.943. The molecule has 25 heavy (non-hydrogen) atoms. The summed E-state index contributed by atoms with van der Waals surface area (Å²) in [6.45, 7) is 10.0. The van der Waals surface area contributed by atoms with E-state index in [9.17, 15) is 4.79 Å². The van der Waals surface area contributed by atoms with Crippen molar-refractivity contribution in [2.75, 3.05) is 5.32 Å². The molecule has 3 aromatic rings. The molecule has 3 rings (SSSR count). The van der Waals surface area contributed by atoms with Crippen LogP contribution in [0.3, 0.4) is 0 Å². The van der Waals surface area contributed by atoms with Crippen LogP contribution in [0.25, 0.3) is 22.6 Å². The quantitative estimate of drug-likeness (QED) is 0.682. The molecule has 0 saturated heterocycles. The maximum atomic E-state index is 12.0. The molecular formula is C21H24N2O2. The highest BCUT2D eigenvalue weighted by Gasteiger charge is 2.13. The van der Waals surface area contributed by atoms with Crippen molar-refractivity contribution in [2.24, 2.45) is 5.92 Å². The third kappa shape index (κ3) is 3.58. The molecule has 4 nitrogen and oxygen atoms in total. The Balaban J connectivity index is 1.98. The Hall–Kier alpha value is -2.62. The van der Waals surface area contributed by atoms with Crippen LogP contribution in [0, 0.1) is 12.8 Å². The number of aromatic nitrogens is 1. The molecule has 0 bridgehead atoms. The Bertz CT molecular complexity index is 923. The highest BCUT2D eigenvalue weighted by Crippen LogP contribution is 2.29. The highest BCUT2D eigenvalue weighted by atomic mass is 16.3. The molecule has 0 fully saturated rings. The van der Waals surface area contributed by atoms with E-state index >= 15 is 0 Å². The van der Waals surface area contributed by atoms with Gasteiger partial charge in [0, 0.05) is 17.2 Å². The lowest BCUT2D eigenvalue weighted by Gasteiger charge is -2.11. The Morgan fingerprint density at radius 1 is 1.08 bits per heavy atom. The number of fused-ring (bicyclic) bond motifs is 1. The van der Waals surface area contributed by atoms with E-state index in [0.29, 0.717) is 11.8 Å². The van der Waals surface area contributed by atoms with Crippen molar-refractivity contribution in [3.05, 3.63) is 47.5 Å². The van der Waals surface area contributed by atoms with E-state index < -0.39 is 0 Å². The number of nitrogens with zero attached hydrogens (tertiary/aromatic N) is 1. The SMILES string of the molecule is Cc1ccc(-c2nc3cc(C(C)C)ccc3o2)cc1NC(=O)C(C)C. The molecule has 0 aliphatic carbocycles. The molecule has 1 heterocycles. The van der Waals surface area contributed by atoms with Gasteiger partial charge in [-0.05, 0) is 48.2 Å². The first-order valence-electron chi connectivity index (χ1n) is 8.67. The first-order chi connectivity index (χ1) is 11.8. The van der Waals surface area contributed by atoms with Crippen molar-refractivity contribution in [2.45, 2.75) is 40.5 Å². The zero-order valence-electron chi connectivity index (χ0n) is 15.4. The van der Waals surface area contributed by atoms with E-state index in [2.05, 4.69) is 36.3 Å². The second-order valence-corrected chi connectivity index (χ2v) is 7.07. The van der Waals surface area contributed by atoms with Gasteiger partial charge in [-0.1, -0.05) is 39.8 Å². The minimum absolute atomic E-state index is 0.000564. The first-order valence-corrected chi connectivity index (χ1v) is 8.67. The smallest absolute Gasteiger partial charge is 0.227 e. The predicted molar refractivity (Wildman–Crippen MR) is 102 cm³/mol. The van der Waals surface area contributed by atoms with Gasteiger partial charge in [-0.15, -0.1) is 0 Å². The predicted octanol–water partition coefficient (Wildman–Crippen LogP) is 5.52. The summed E-state index contributed by atoms with van der Waals surface area (Å²) in [7, 11) is 0. The van der Waals surface area contributed by atoms with Crippen LogP contribution < -0.4 is 5.32 Å². The number of aryl methyl sites for hydroxylation is 1. The average Bonchev–Trinajstić information content (AvgIpc) is 2.99. The third-order valence-corrected chi connectivity index (χ3v) is 4.35. The second-order valence-electron chi connectivity index (χ2n) is 7.07. The molecule has 130 valence electrons. The minimum atomic E-state index is -0.0677. The number of oxazole rings is 1. The lowest BCUT2D eigenvalue weighted by atomic mass is 10.0. The maximum Gasteiger partial charge on any atom is 0.227 e. The Labute approximate surface area is 148 Å². The third-order valence-electron chi connectivity index (χ3n) is 4.35. The number of nitrogens with one attached hydrogen (secondary N) is 1. The zero-order valence-corrected chi connectivity index (χ0v) is 15.4. The number of amides is 1. The molecule has 1 N–H and O–H groups in total. The van der Waals surface area contributed by atoms with Crippen molar-refractivity contribution in [3.8, 4) is 11.5 Å². The normalized spacial score (nSPS) is 11.5. The number of benzene rings is 2. The molecule has 1 aromatic heterocycles. The number of anilines is 1. The van der Waals surface area contributed by atoms with Crippen LogP contribution >= 0.6 is 0 Å². The van der Waals surface area contributed by atoms with Gasteiger partial charge in [-0.25, -0.2) is 4.98 Å². The van der Waals surface area contributed by atoms with Gasteiger partial charge >= 0.3 is 0 Å². The summed E-state index contributed by atoms with van der Waals surface area (Å²) >= 11 is 0. The fraction of sp³-hybridized carbons (Fsp3) is 0.333. The largest absolute Gasteiger partial charge is 0.436 e. The lowest BCUT2D eigenvalue weighted by Crippen LogP contribution is -2.18. The maximum absolute atomic E-state index is 12.0. The van der Waals surface area contributed by atoms with Crippen molar-refractivity contribution in [1.29, 1.82) is 0 Å². The molecule has 1 amide bonds. The summed E-state index contributed by atoms with van der Waals surface area (Å²) < 4.78 is 5.91. The van der Waals surface area contributed by atoms with E-state index in [1.54, 1.807) is 0 Å². The van der Waals surface area contributed by atoms with Crippen LogP contribution in [0.15, 0.2) is 40.8 Å². The molecule has 0 aliphatic heterocycles. The van der Waals surface area contributed by atoms with Crippen molar-refractivity contribution >= 4 is 22.7 Å². The summed E-state index contributed by atoms with van der Waals surface area (Å²) in [6, 6.07) is 12.0. The van der Waals surface area contributed by atoms with Gasteiger partial charge < -0.3 is 9.73 Å². The molecule has 4 heteroatoms. The van der Waals surface area contributed by atoms with Gasteiger partial charge in [0.2, 0.25) is 11.8 Å². The van der Waals surface area contributed by atoms with E-state index in [1.807, 2.05) is 45.0 Å². The van der Waals surface area contributed by atoms with Crippen LogP contribution in [0.1, 0.15) is 44.7 Å². The van der Waals surface area contributed by atoms with Gasteiger partial charge in [0.05, 0.1) is 0 Å². The van der Waals surface area contributed by atoms with Crippen LogP contribution in [0.4, 0.5) is 5.69 Å².